The zero-order chi connectivity index (χ0) is 11.6. The number of hydrogen-bond donors (Lipinski definition) is 0. The Morgan fingerprint density at radius 1 is 0.867 bits per heavy atom. The van der Waals surface area contributed by atoms with E-state index in [9.17, 15) is 0 Å². The van der Waals surface area contributed by atoms with E-state index in [-0.39, 0.29) is 0 Å². The van der Waals surface area contributed by atoms with Gasteiger partial charge in [-0.15, -0.1) is 13.2 Å². The van der Waals surface area contributed by atoms with Crippen LogP contribution in [0.5, 0.6) is 0 Å². The molecule has 15 heavy (non-hydrogen) atoms. The molecule has 0 fully saturated rings. The van der Waals surface area contributed by atoms with Crippen molar-refractivity contribution in [3.8, 4) is 0 Å². The molecule has 0 unspecified atom stereocenters. The zero-order valence-electron chi connectivity index (χ0n) is 10.7. The minimum Gasteiger partial charge on any atom is -0.103 e. The van der Waals surface area contributed by atoms with Crippen LogP contribution in [0.25, 0.3) is 0 Å². The molecule has 0 nitrogen and oxygen atoms in total. The van der Waals surface area contributed by atoms with E-state index in [1.165, 1.54) is 49.9 Å². The number of hydrogen-bond acceptors (Lipinski definition) is 0. The van der Waals surface area contributed by atoms with Crippen LogP contribution in [0.1, 0.15) is 39.5 Å². The fraction of sp³-hybridized carbons (Fsp3) is 0.714. The summed E-state index contributed by atoms with van der Waals surface area (Å²) in [4.78, 5) is 0. The van der Waals surface area contributed by atoms with E-state index >= 15 is 0 Å². The first-order valence-electron chi connectivity index (χ1n) is 6.46. The van der Waals surface area contributed by atoms with E-state index in [1.54, 1.807) is 0 Å². The summed E-state index contributed by atoms with van der Waals surface area (Å²) in [6, 6.07) is 5.53. The molecule has 0 aromatic rings. The Morgan fingerprint density at radius 3 is 1.53 bits per heavy atom. The summed E-state index contributed by atoms with van der Waals surface area (Å²) in [7, 11) is -1.07. The Hall–Kier alpha value is -0.303. The molecule has 0 N–H and O–H groups in total. The lowest BCUT2D eigenvalue weighted by atomic mass is 10.4. The summed E-state index contributed by atoms with van der Waals surface area (Å²) >= 11 is 0. The Balaban J connectivity index is 4.38. The fourth-order valence-electron chi connectivity index (χ4n) is 2.33. The Morgan fingerprint density at radius 2 is 1.27 bits per heavy atom. The first-order valence-corrected chi connectivity index (χ1v) is 9.29. The van der Waals surface area contributed by atoms with Crippen molar-refractivity contribution in [2.45, 2.75) is 63.7 Å². The maximum atomic E-state index is 3.94. The van der Waals surface area contributed by atoms with Crippen LogP contribution >= 0.6 is 0 Å². The highest BCUT2D eigenvalue weighted by atomic mass is 28.3. The van der Waals surface area contributed by atoms with Gasteiger partial charge in [0.25, 0.3) is 0 Å². The van der Waals surface area contributed by atoms with E-state index in [0.29, 0.717) is 0 Å². The lowest BCUT2D eigenvalue weighted by Gasteiger charge is -2.30. The molecule has 0 rings (SSSR count). The van der Waals surface area contributed by atoms with Crippen LogP contribution in [0.15, 0.2) is 25.3 Å². The molecule has 0 heterocycles. The third kappa shape index (κ3) is 5.98. The molecule has 0 amide bonds. The van der Waals surface area contributed by atoms with Gasteiger partial charge in [-0.05, 0) is 12.1 Å². The zero-order valence-corrected chi connectivity index (χ0v) is 11.7. The molecule has 0 saturated heterocycles. The summed E-state index contributed by atoms with van der Waals surface area (Å²) in [6.07, 6.45) is 9.77. The molecule has 0 bridgehead atoms. The van der Waals surface area contributed by atoms with E-state index < -0.39 is 8.07 Å². The number of unbranched alkanes of at least 4 members (excludes halogenated alkanes) is 2. The molecule has 0 atom stereocenters. The Bertz CT molecular complexity index is 152. The second kappa shape index (κ2) is 8.96. The molecule has 0 aliphatic heterocycles. The van der Waals surface area contributed by atoms with Gasteiger partial charge in [0, 0.05) is 0 Å². The lowest BCUT2D eigenvalue weighted by Crippen LogP contribution is -2.32. The molecule has 0 saturated carbocycles. The van der Waals surface area contributed by atoms with Gasteiger partial charge < -0.3 is 0 Å². The van der Waals surface area contributed by atoms with Crippen LogP contribution in [0, 0.1) is 0 Å². The minimum atomic E-state index is -1.07. The molecule has 0 aromatic carbocycles. The predicted octanol–water partition coefficient (Wildman–Crippen LogP) is 5.41. The van der Waals surface area contributed by atoms with E-state index in [1.807, 2.05) is 0 Å². The first kappa shape index (κ1) is 14.7. The van der Waals surface area contributed by atoms with Gasteiger partial charge in [-0.25, -0.2) is 0 Å². The largest absolute Gasteiger partial charge is 0.103 e. The summed E-state index contributed by atoms with van der Waals surface area (Å²) < 4.78 is 0. The first-order chi connectivity index (χ1) is 7.24. The van der Waals surface area contributed by atoms with Gasteiger partial charge in [-0.2, -0.15) is 0 Å². The average Bonchev–Trinajstić information content (AvgIpc) is 2.24. The van der Waals surface area contributed by atoms with Crippen molar-refractivity contribution in [2.75, 3.05) is 0 Å². The smallest absolute Gasteiger partial charge is 0.0610 e. The van der Waals surface area contributed by atoms with Crippen molar-refractivity contribution in [2.24, 2.45) is 0 Å². The van der Waals surface area contributed by atoms with Crippen LogP contribution in [-0.4, -0.2) is 8.07 Å². The van der Waals surface area contributed by atoms with Gasteiger partial charge in [0.15, 0.2) is 0 Å². The van der Waals surface area contributed by atoms with Crippen LogP contribution in [0.3, 0.4) is 0 Å². The Labute approximate surface area is 97.5 Å². The van der Waals surface area contributed by atoms with Crippen molar-refractivity contribution in [1.29, 1.82) is 0 Å². The van der Waals surface area contributed by atoms with Crippen molar-refractivity contribution in [3.05, 3.63) is 25.3 Å². The van der Waals surface area contributed by atoms with Crippen LogP contribution in [0.2, 0.25) is 24.2 Å². The van der Waals surface area contributed by atoms with Crippen LogP contribution < -0.4 is 0 Å². The SMILES string of the molecule is C=CC[Si](CC=C)(CCCC)CCCC. The van der Waals surface area contributed by atoms with Gasteiger partial charge in [-0.1, -0.05) is 63.8 Å². The lowest BCUT2D eigenvalue weighted by molar-refractivity contribution is 0.822. The topological polar surface area (TPSA) is 0 Å². The molecular weight excluding hydrogens is 196 g/mol. The molecule has 1 heteroatoms. The monoisotopic (exact) mass is 224 g/mol. The summed E-state index contributed by atoms with van der Waals surface area (Å²) in [5.41, 5.74) is 0. The van der Waals surface area contributed by atoms with Crippen molar-refractivity contribution < 1.29 is 0 Å². The molecule has 0 radical (unpaired) electrons. The average molecular weight is 224 g/mol. The van der Waals surface area contributed by atoms with Gasteiger partial charge in [0.1, 0.15) is 0 Å². The predicted molar refractivity (Wildman–Crippen MR) is 75.2 cm³/mol. The third-order valence-electron chi connectivity index (χ3n) is 3.28. The van der Waals surface area contributed by atoms with Crippen molar-refractivity contribution >= 4 is 8.07 Å². The second-order valence-corrected chi connectivity index (χ2v) is 9.51. The standard InChI is InChI=1S/C14H28Si/c1-5-9-13-15(11-7-3,12-8-4)14-10-6-2/h7-8H,3-6,9-14H2,1-2H3. The minimum absolute atomic E-state index is 1.07. The molecule has 0 aliphatic rings. The highest BCUT2D eigenvalue weighted by Crippen LogP contribution is 2.30. The number of allylic oxidation sites excluding steroid dienone is 2. The van der Waals surface area contributed by atoms with Gasteiger partial charge in [0.05, 0.1) is 8.07 Å². The molecule has 88 valence electrons. The maximum Gasteiger partial charge on any atom is 0.0610 e. The molecule has 0 aromatic heterocycles. The van der Waals surface area contributed by atoms with E-state index in [2.05, 4.69) is 39.2 Å². The maximum absolute atomic E-state index is 3.94. The van der Waals surface area contributed by atoms with Crippen LogP contribution in [-0.2, 0) is 0 Å². The molecule has 0 spiro atoms. The van der Waals surface area contributed by atoms with Crippen molar-refractivity contribution in [1.82, 2.24) is 0 Å². The molecular formula is C14H28Si. The fourth-order valence-corrected chi connectivity index (χ4v) is 7.00. The van der Waals surface area contributed by atoms with Crippen molar-refractivity contribution in [3.63, 3.8) is 0 Å². The number of rotatable bonds is 10. The van der Waals surface area contributed by atoms with E-state index in [4.69, 9.17) is 0 Å². The van der Waals surface area contributed by atoms with Gasteiger partial charge in [-0.3, -0.25) is 0 Å². The third-order valence-corrected chi connectivity index (χ3v) is 8.41. The van der Waals surface area contributed by atoms with E-state index in [0.717, 1.165) is 0 Å². The van der Waals surface area contributed by atoms with Gasteiger partial charge >= 0.3 is 0 Å². The summed E-state index contributed by atoms with van der Waals surface area (Å²) in [5.74, 6) is 0. The highest BCUT2D eigenvalue weighted by molar-refractivity contribution is 6.80. The van der Waals surface area contributed by atoms with Gasteiger partial charge in [0.2, 0.25) is 0 Å². The second-order valence-electron chi connectivity index (χ2n) is 4.69. The Kier molecular flexibility index (Phi) is 8.78. The summed E-state index contributed by atoms with van der Waals surface area (Å²) in [6.45, 7) is 12.5. The molecule has 0 aliphatic carbocycles. The highest BCUT2D eigenvalue weighted by Gasteiger charge is 2.28. The summed E-state index contributed by atoms with van der Waals surface area (Å²) in [5, 5.41) is 0. The normalized spacial score (nSPS) is 11.3. The van der Waals surface area contributed by atoms with Crippen LogP contribution in [0.4, 0.5) is 0 Å². The quantitative estimate of drug-likeness (QED) is 0.344.